The minimum absolute atomic E-state index is 0.116. The molecule has 1 rings (SSSR count). The first-order valence-corrected chi connectivity index (χ1v) is 4.72. The molecule has 0 aromatic rings. The van der Waals surface area contributed by atoms with Gasteiger partial charge < -0.3 is 10.0 Å². The van der Waals surface area contributed by atoms with Crippen molar-refractivity contribution in [1.82, 2.24) is 4.90 Å². The van der Waals surface area contributed by atoms with Gasteiger partial charge in [0.25, 0.3) is 6.30 Å². The summed E-state index contributed by atoms with van der Waals surface area (Å²) in [4.78, 5) is 22.4. The number of rotatable bonds is 4. The standard InChI is InChI=1S/C9H14FNO3/c1-2-3-6-4-7(12)11(5-6)8(10)9(13)14/h6,8H,2-5H2,1H3,(H,13,14). The zero-order chi connectivity index (χ0) is 10.7. The number of hydrogen-bond donors (Lipinski definition) is 1. The van der Waals surface area contributed by atoms with Crippen molar-refractivity contribution in [1.29, 1.82) is 0 Å². The van der Waals surface area contributed by atoms with Gasteiger partial charge in [-0.3, -0.25) is 4.79 Å². The van der Waals surface area contributed by atoms with Crippen molar-refractivity contribution in [2.45, 2.75) is 32.5 Å². The highest BCUT2D eigenvalue weighted by Crippen LogP contribution is 2.24. The lowest BCUT2D eigenvalue weighted by Crippen LogP contribution is -2.38. The Balaban J connectivity index is 2.56. The lowest BCUT2D eigenvalue weighted by Gasteiger charge is -2.17. The maximum atomic E-state index is 13.0. The number of carboxylic acid groups (broad SMARTS) is 1. The quantitative estimate of drug-likeness (QED) is 0.694. The van der Waals surface area contributed by atoms with Crippen molar-refractivity contribution in [2.75, 3.05) is 6.54 Å². The van der Waals surface area contributed by atoms with Crippen LogP contribution in [0.4, 0.5) is 4.39 Å². The molecule has 1 aliphatic rings. The number of aliphatic carboxylic acids is 1. The van der Waals surface area contributed by atoms with Gasteiger partial charge in [0.05, 0.1) is 0 Å². The Bertz CT molecular complexity index is 244. The number of hydrogen-bond acceptors (Lipinski definition) is 2. The van der Waals surface area contributed by atoms with Crippen molar-refractivity contribution in [3.63, 3.8) is 0 Å². The number of carbonyl (C=O) groups excluding carboxylic acids is 1. The van der Waals surface area contributed by atoms with Gasteiger partial charge in [-0.25, -0.2) is 9.18 Å². The highest BCUT2D eigenvalue weighted by atomic mass is 19.1. The third-order valence-corrected chi connectivity index (χ3v) is 2.41. The van der Waals surface area contributed by atoms with Crippen LogP contribution in [-0.4, -0.2) is 34.7 Å². The summed E-state index contributed by atoms with van der Waals surface area (Å²) >= 11 is 0. The van der Waals surface area contributed by atoms with Gasteiger partial charge in [0.1, 0.15) is 0 Å². The molecular weight excluding hydrogens is 189 g/mol. The Kier molecular flexibility index (Phi) is 3.43. The van der Waals surface area contributed by atoms with Crippen LogP contribution in [0.3, 0.4) is 0 Å². The van der Waals surface area contributed by atoms with E-state index in [4.69, 9.17) is 5.11 Å². The SMILES string of the molecule is CCCC1CC(=O)N(C(F)C(=O)O)C1. The monoisotopic (exact) mass is 203 g/mol. The molecule has 2 atom stereocenters. The Hall–Kier alpha value is -1.13. The van der Waals surface area contributed by atoms with Crippen LogP contribution in [0.15, 0.2) is 0 Å². The molecule has 1 saturated heterocycles. The van der Waals surface area contributed by atoms with Crippen molar-refractivity contribution < 1.29 is 19.1 Å². The predicted molar refractivity (Wildman–Crippen MR) is 47.3 cm³/mol. The molecule has 5 heteroatoms. The molecule has 0 bridgehead atoms. The van der Waals surface area contributed by atoms with Crippen LogP contribution in [0.2, 0.25) is 0 Å². The van der Waals surface area contributed by atoms with Gasteiger partial charge in [-0.1, -0.05) is 13.3 Å². The number of carbonyl (C=O) groups is 2. The second-order valence-electron chi connectivity index (χ2n) is 3.58. The second kappa shape index (κ2) is 4.39. The number of nitrogens with zero attached hydrogens (tertiary/aromatic N) is 1. The molecule has 14 heavy (non-hydrogen) atoms. The Morgan fingerprint density at radius 1 is 1.79 bits per heavy atom. The normalized spacial score (nSPS) is 24.0. The molecule has 2 unspecified atom stereocenters. The third kappa shape index (κ3) is 2.21. The average Bonchev–Trinajstić information content (AvgIpc) is 2.46. The summed E-state index contributed by atoms with van der Waals surface area (Å²) in [5.74, 6) is -1.86. The van der Waals surface area contributed by atoms with E-state index >= 15 is 0 Å². The van der Waals surface area contributed by atoms with Crippen molar-refractivity contribution in [3.05, 3.63) is 0 Å². The maximum absolute atomic E-state index is 13.0. The summed E-state index contributed by atoms with van der Waals surface area (Å²) < 4.78 is 13.0. The average molecular weight is 203 g/mol. The lowest BCUT2D eigenvalue weighted by atomic mass is 10.0. The summed E-state index contributed by atoms with van der Waals surface area (Å²) in [6, 6.07) is 0. The number of alkyl halides is 1. The van der Waals surface area contributed by atoms with E-state index in [0.29, 0.717) is 0 Å². The zero-order valence-corrected chi connectivity index (χ0v) is 8.07. The van der Waals surface area contributed by atoms with E-state index in [2.05, 4.69) is 0 Å². The fraction of sp³-hybridized carbons (Fsp3) is 0.778. The van der Waals surface area contributed by atoms with Gasteiger partial charge in [0.15, 0.2) is 0 Å². The number of carboxylic acids is 1. The minimum atomic E-state index is -2.18. The Labute approximate surface area is 81.7 Å². The fourth-order valence-corrected chi connectivity index (χ4v) is 1.76. The van der Waals surface area contributed by atoms with Gasteiger partial charge >= 0.3 is 5.97 Å². The molecule has 0 aliphatic carbocycles. The largest absolute Gasteiger partial charge is 0.478 e. The van der Waals surface area contributed by atoms with E-state index in [0.717, 1.165) is 17.7 Å². The van der Waals surface area contributed by atoms with Crippen molar-refractivity contribution in [2.24, 2.45) is 5.92 Å². The minimum Gasteiger partial charge on any atom is -0.478 e. The van der Waals surface area contributed by atoms with Crippen LogP contribution in [0.25, 0.3) is 0 Å². The van der Waals surface area contributed by atoms with Crippen LogP contribution in [0.1, 0.15) is 26.2 Å². The van der Waals surface area contributed by atoms with E-state index in [9.17, 15) is 14.0 Å². The van der Waals surface area contributed by atoms with E-state index < -0.39 is 18.2 Å². The van der Waals surface area contributed by atoms with Gasteiger partial charge in [0.2, 0.25) is 5.91 Å². The topological polar surface area (TPSA) is 57.6 Å². The zero-order valence-electron chi connectivity index (χ0n) is 8.07. The molecular formula is C9H14FNO3. The lowest BCUT2D eigenvalue weighted by molar-refractivity contribution is -0.155. The highest BCUT2D eigenvalue weighted by molar-refractivity contribution is 5.84. The molecule has 0 saturated carbocycles. The van der Waals surface area contributed by atoms with Gasteiger partial charge in [-0.2, -0.15) is 0 Å². The van der Waals surface area contributed by atoms with Gasteiger partial charge in [0, 0.05) is 13.0 Å². The molecule has 1 heterocycles. The molecule has 4 nitrogen and oxygen atoms in total. The summed E-state index contributed by atoms with van der Waals surface area (Å²) in [5, 5.41) is 8.41. The fourth-order valence-electron chi connectivity index (χ4n) is 1.76. The smallest absolute Gasteiger partial charge is 0.359 e. The van der Waals surface area contributed by atoms with Crippen LogP contribution >= 0.6 is 0 Å². The molecule has 0 aromatic carbocycles. The molecule has 80 valence electrons. The summed E-state index contributed by atoms with van der Waals surface area (Å²) in [5.41, 5.74) is 0. The van der Waals surface area contributed by atoms with Gasteiger partial charge in [-0.05, 0) is 12.3 Å². The molecule has 0 spiro atoms. The van der Waals surface area contributed by atoms with Crippen molar-refractivity contribution in [3.8, 4) is 0 Å². The Morgan fingerprint density at radius 2 is 2.43 bits per heavy atom. The van der Waals surface area contributed by atoms with E-state index in [1.165, 1.54) is 0 Å². The van der Waals surface area contributed by atoms with E-state index in [1.54, 1.807) is 0 Å². The number of likely N-dealkylation sites (tertiary alicyclic amines) is 1. The van der Waals surface area contributed by atoms with Crippen LogP contribution < -0.4 is 0 Å². The molecule has 0 aromatic heterocycles. The third-order valence-electron chi connectivity index (χ3n) is 2.41. The maximum Gasteiger partial charge on any atom is 0.359 e. The second-order valence-corrected chi connectivity index (χ2v) is 3.58. The predicted octanol–water partition coefficient (Wildman–Crippen LogP) is 1.02. The molecule has 1 aliphatic heterocycles. The van der Waals surface area contributed by atoms with Crippen molar-refractivity contribution >= 4 is 11.9 Å². The molecule has 0 radical (unpaired) electrons. The summed E-state index contributed by atoms with van der Waals surface area (Å²) in [6.45, 7) is 2.22. The first-order chi connectivity index (χ1) is 6.56. The summed E-state index contributed by atoms with van der Waals surface area (Å²) in [7, 11) is 0. The van der Waals surface area contributed by atoms with Crippen LogP contribution in [0.5, 0.6) is 0 Å². The molecule has 1 N–H and O–H groups in total. The van der Waals surface area contributed by atoms with Gasteiger partial charge in [-0.15, -0.1) is 0 Å². The Morgan fingerprint density at radius 3 is 2.93 bits per heavy atom. The first kappa shape index (κ1) is 10.9. The molecule has 1 amide bonds. The van der Waals surface area contributed by atoms with Crippen LogP contribution in [0, 0.1) is 5.92 Å². The number of amides is 1. The molecule has 1 fully saturated rings. The highest BCUT2D eigenvalue weighted by Gasteiger charge is 2.37. The van der Waals surface area contributed by atoms with Crippen LogP contribution in [-0.2, 0) is 9.59 Å². The number of halogens is 1. The first-order valence-electron chi connectivity index (χ1n) is 4.72. The van der Waals surface area contributed by atoms with E-state index in [1.807, 2.05) is 6.92 Å². The summed E-state index contributed by atoms with van der Waals surface area (Å²) in [6.07, 6.45) is -0.129. The van der Waals surface area contributed by atoms with E-state index in [-0.39, 0.29) is 18.9 Å².